The zero-order valence-corrected chi connectivity index (χ0v) is 16.3. The van der Waals surface area contributed by atoms with E-state index < -0.39 is 10.0 Å². The Balaban J connectivity index is 1.60. The van der Waals surface area contributed by atoms with Crippen LogP contribution < -0.4 is 9.62 Å². The third kappa shape index (κ3) is 4.38. The molecule has 1 N–H and O–H groups in total. The van der Waals surface area contributed by atoms with Gasteiger partial charge in [0, 0.05) is 36.2 Å². The van der Waals surface area contributed by atoms with Gasteiger partial charge in [-0.05, 0) is 43.0 Å². The Kier molecular flexibility index (Phi) is 6.07. The second-order valence-electron chi connectivity index (χ2n) is 6.61. The molecule has 2 aliphatic rings. The van der Waals surface area contributed by atoms with E-state index in [1.807, 2.05) is 18.7 Å². The Hall–Kier alpha value is -1.05. The van der Waals surface area contributed by atoms with Crippen LogP contribution in [0.3, 0.4) is 0 Å². The normalized spacial score (nSPS) is 17.9. The highest BCUT2D eigenvalue weighted by Gasteiger charge is 2.25. The predicted octanol–water partition coefficient (Wildman–Crippen LogP) is 2.94. The minimum atomic E-state index is -3.49. The second-order valence-corrected chi connectivity index (χ2v) is 9.79. The smallest absolute Gasteiger partial charge is 0.240 e. The number of nitrogens with one attached hydrogen (secondary N) is 1. The zero-order valence-electron chi connectivity index (χ0n) is 14.7. The van der Waals surface area contributed by atoms with Gasteiger partial charge < -0.3 is 4.90 Å². The van der Waals surface area contributed by atoms with Crippen LogP contribution in [-0.2, 0) is 21.2 Å². The molecule has 138 valence electrons. The van der Waals surface area contributed by atoms with Crippen LogP contribution in [0.2, 0.25) is 0 Å². The zero-order chi connectivity index (χ0) is 17.9. The number of sulfonamides is 1. The van der Waals surface area contributed by atoms with E-state index in [9.17, 15) is 13.2 Å². The van der Waals surface area contributed by atoms with Crippen LogP contribution in [0, 0.1) is 0 Å². The van der Waals surface area contributed by atoms with Gasteiger partial charge in [-0.3, -0.25) is 4.79 Å². The molecule has 0 atom stereocenters. The molecule has 0 unspecified atom stereocenters. The van der Waals surface area contributed by atoms with Crippen molar-refractivity contribution in [1.29, 1.82) is 0 Å². The fourth-order valence-corrected chi connectivity index (χ4v) is 5.97. The summed E-state index contributed by atoms with van der Waals surface area (Å²) in [6.45, 7) is 2.94. The lowest BCUT2D eigenvalue weighted by Crippen LogP contribution is -2.28. The number of fused-ring (bicyclic) bond motifs is 1. The van der Waals surface area contributed by atoms with E-state index in [-0.39, 0.29) is 5.91 Å². The summed E-state index contributed by atoms with van der Waals surface area (Å²) in [5.41, 5.74) is 1.78. The van der Waals surface area contributed by atoms with Gasteiger partial charge in [0.1, 0.15) is 0 Å². The van der Waals surface area contributed by atoms with Crippen molar-refractivity contribution < 1.29 is 13.2 Å². The van der Waals surface area contributed by atoms with Gasteiger partial charge in [-0.25, -0.2) is 13.1 Å². The number of carbonyl (C=O) groups is 1. The van der Waals surface area contributed by atoms with Crippen molar-refractivity contribution in [2.75, 3.05) is 23.7 Å². The van der Waals surface area contributed by atoms with Crippen molar-refractivity contribution in [1.82, 2.24) is 4.72 Å². The first kappa shape index (κ1) is 18.7. The van der Waals surface area contributed by atoms with Crippen molar-refractivity contribution in [2.24, 2.45) is 0 Å². The molecule has 1 saturated carbocycles. The molecule has 1 amide bonds. The Morgan fingerprint density at radius 3 is 2.80 bits per heavy atom. The Bertz CT molecular complexity index is 728. The van der Waals surface area contributed by atoms with Gasteiger partial charge in [0.2, 0.25) is 15.9 Å². The molecule has 1 aliphatic carbocycles. The van der Waals surface area contributed by atoms with Crippen LogP contribution in [0.4, 0.5) is 5.69 Å². The Labute approximate surface area is 154 Å². The minimum absolute atomic E-state index is 0.0800. The molecule has 0 bridgehead atoms. The van der Waals surface area contributed by atoms with Gasteiger partial charge in [0.05, 0.1) is 4.90 Å². The fourth-order valence-electron chi connectivity index (χ4n) is 3.54. The maximum absolute atomic E-state index is 12.5. The SMILES string of the molecule is CCC(=O)N1CCc2cc(S(=O)(=O)NCCSC3CCCC3)ccc21. The number of benzene rings is 1. The van der Waals surface area contributed by atoms with Gasteiger partial charge in [0.15, 0.2) is 0 Å². The molecular weight excluding hydrogens is 356 g/mol. The molecule has 0 spiro atoms. The summed E-state index contributed by atoms with van der Waals surface area (Å²) in [6, 6.07) is 5.08. The van der Waals surface area contributed by atoms with Crippen LogP contribution in [0.1, 0.15) is 44.6 Å². The molecule has 3 rings (SSSR count). The second kappa shape index (κ2) is 8.10. The molecule has 5 nitrogen and oxygen atoms in total. The van der Waals surface area contributed by atoms with Crippen molar-refractivity contribution in [3.8, 4) is 0 Å². The number of amides is 1. The number of anilines is 1. The standard InChI is InChI=1S/C18H26N2O3S2/c1-2-18(21)20-11-9-14-13-16(7-8-17(14)20)25(22,23)19-10-12-24-15-5-3-4-6-15/h7-8,13,15,19H,2-6,9-12H2,1H3. The van der Waals surface area contributed by atoms with E-state index in [2.05, 4.69) is 4.72 Å². The average Bonchev–Trinajstić information content (AvgIpc) is 3.27. The number of hydrogen-bond donors (Lipinski definition) is 1. The first-order chi connectivity index (χ1) is 12.0. The van der Waals surface area contributed by atoms with Crippen LogP contribution in [0.15, 0.2) is 23.1 Å². The Morgan fingerprint density at radius 2 is 2.08 bits per heavy atom. The maximum Gasteiger partial charge on any atom is 0.240 e. The summed E-state index contributed by atoms with van der Waals surface area (Å²) in [7, 11) is -3.49. The summed E-state index contributed by atoms with van der Waals surface area (Å²) in [6.07, 6.45) is 6.29. The summed E-state index contributed by atoms with van der Waals surface area (Å²) in [5, 5.41) is 0.701. The summed E-state index contributed by atoms with van der Waals surface area (Å²) in [5.74, 6) is 0.893. The first-order valence-electron chi connectivity index (χ1n) is 9.06. The van der Waals surface area contributed by atoms with Gasteiger partial charge in [0.25, 0.3) is 0 Å². The lowest BCUT2D eigenvalue weighted by Gasteiger charge is -2.16. The van der Waals surface area contributed by atoms with Gasteiger partial charge in [-0.15, -0.1) is 0 Å². The van der Waals surface area contributed by atoms with E-state index in [0.29, 0.717) is 36.1 Å². The molecule has 0 saturated heterocycles. The van der Waals surface area contributed by atoms with Crippen molar-refractivity contribution in [3.05, 3.63) is 23.8 Å². The number of nitrogens with zero attached hydrogens (tertiary/aromatic N) is 1. The molecule has 0 aromatic heterocycles. The molecule has 1 aromatic carbocycles. The molecule has 0 radical (unpaired) electrons. The molecule has 1 aromatic rings. The minimum Gasteiger partial charge on any atom is -0.312 e. The molecule has 25 heavy (non-hydrogen) atoms. The maximum atomic E-state index is 12.5. The highest BCUT2D eigenvalue weighted by Crippen LogP contribution is 2.31. The van der Waals surface area contributed by atoms with Gasteiger partial charge >= 0.3 is 0 Å². The number of carbonyl (C=O) groups excluding carboxylic acids is 1. The van der Waals surface area contributed by atoms with Gasteiger partial charge in [-0.2, -0.15) is 11.8 Å². The molecular formula is C18H26N2O3S2. The molecule has 1 aliphatic heterocycles. The van der Waals surface area contributed by atoms with Crippen LogP contribution >= 0.6 is 11.8 Å². The van der Waals surface area contributed by atoms with Crippen molar-refractivity contribution in [2.45, 2.75) is 55.6 Å². The van der Waals surface area contributed by atoms with Gasteiger partial charge in [-0.1, -0.05) is 19.8 Å². The molecule has 7 heteroatoms. The number of thioether (sulfide) groups is 1. The lowest BCUT2D eigenvalue weighted by molar-refractivity contribution is -0.118. The van der Waals surface area contributed by atoms with Crippen molar-refractivity contribution >= 4 is 33.4 Å². The third-order valence-electron chi connectivity index (χ3n) is 4.91. The van der Waals surface area contributed by atoms with E-state index in [4.69, 9.17) is 0 Å². The quantitative estimate of drug-likeness (QED) is 0.737. The van der Waals surface area contributed by atoms with Crippen LogP contribution in [0.5, 0.6) is 0 Å². The van der Waals surface area contributed by atoms with Crippen LogP contribution in [-0.4, -0.2) is 38.4 Å². The Morgan fingerprint density at radius 1 is 1.32 bits per heavy atom. The van der Waals surface area contributed by atoms with Crippen LogP contribution in [0.25, 0.3) is 0 Å². The largest absolute Gasteiger partial charge is 0.312 e. The molecule has 1 fully saturated rings. The lowest BCUT2D eigenvalue weighted by atomic mass is 10.2. The predicted molar refractivity (Wildman–Crippen MR) is 103 cm³/mol. The number of rotatable bonds is 7. The van der Waals surface area contributed by atoms with E-state index in [1.54, 1.807) is 23.1 Å². The first-order valence-corrected chi connectivity index (χ1v) is 11.6. The third-order valence-corrected chi connectivity index (χ3v) is 7.75. The summed E-state index contributed by atoms with van der Waals surface area (Å²) >= 11 is 1.87. The highest BCUT2D eigenvalue weighted by atomic mass is 32.2. The monoisotopic (exact) mass is 382 g/mol. The van der Waals surface area contributed by atoms with Crippen molar-refractivity contribution in [3.63, 3.8) is 0 Å². The number of hydrogen-bond acceptors (Lipinski definition) is 4. The molecule has 1 heterocycles. The van der Waals surface area contributed by atoms with E-state index in [0.717, 1.165) is 17.0 Å². The topological polar surface area (TPSA) is 66.5 Å². The van der Waals surface area contributed by atoms with E-state index in [1.165, 1.54) is 25.7 Å². The fraction of sp³-hybridized carbons (Fsp3) is 0.611. The summed E-state index contributed by atoms with van der Waals surface area (Å²) in [4.78, 5) is 14.0. The average molecular weight is 383 g/mol. The summed E-state index contributed by atoms with van der Waals surface area (Å²) < 4.78 is 27.7. The van der Waals surface area contributed by atoms with E-state index >= 15 is 0 Å². The highest BCUT2D eigenvalue weighted by molar-refractivity contribution is 8.00.